The number of hydrogen-bond donors (Lipinski definition) is 1. The molecule has 0 spiro atoms. The summed E-state index contributed by atoms with van der Waals surface area (Å²) in [6, 6.07) is 3.62. The largest absolute Gasteiger partial charge is 0.367 e. The number of nitrogens with one attached hydrogen (secondary N) is 1. The molecule has 1 aromatic carbocycles. The summed E-state index contributed by atoms with van der Waals surface area (Å²) >= 11 is 16.0. The van der Waals surface area contributed by atoms with E-state index in [9.17, 15) is 0 Å². The number of piperazine rings is 1. The molecule has 1 N–H and O–H groups in total. The summed E-state index contributed by atoms with van der Waals surface area (Å²) in [6.45, 7) is 3.86. The second-order valence-electron chi connectivity index (χ2n) is 4.47. The van der Waals surface area contributed by atoms with Crippen LogP contribution in [0.15, 0.2) is 22.8 Å². The van der Waals surface area contributed by atoms with E-state index in [1.54, 1.807) is 6.07 Å². The number of hydrogen-bond acceptors (Lipinski definition) is 3. The van der Waals surface area contributed by atoms with Gasteiger partial charge >= 0.3 is 0 Å². The maximum absolute atomic E-state index is 6.37. The molecule has 1 aliphatic rings. The third-order valence-electron chi connectivity index (χ3n) is 3.25. The van der Waals surface area contributed by atoms with Gasteiger partial charge in [-0.2, -0.15) is 0 Å². The number of pyridine rings is 1. The van der Waals surface area contributed by atoms with Crippen LogP contribution >= 0.6 is 39.1 Å². The SMILES string of the molecule is Clc1cc(Cl)c2c(N3CCNCC3)c(Br)cnc2c1. The molecule has 1 fully saturated rings. The number of rotatable bonds is 1. The molecule has 0 bridgehead atoms. The molecule has 1 aliphatic heterocycles. The Hall–Kier alpha value is -0.550. The van der Waals surface area contributed by atoms with E-state index in [1.165, 1.54) is 0 Å². The van der Waals surface area contributed by atoms with Crippen molar-refractivity contribution in [2.45, 2.75) is 0 Å². The maximum atomic E-state index is 6.37. The molecular weight excluding hydrogens is 349 g/mol. The molecule has 0 saturated carbocycles. The van der Waals surface area contributed by atoms with Gasteiger partial charge in [-0.25, -0.2) is 0 Å². The molecule has 0 unspecified atom stereocenters. The Bertz CT molecular complexity index is 627. The average molecular weight is 361 g/mol. The van der Waals surface area contributed by atoms with Gasteiger partial charge in [-0.15, -0.1) is 0 Å². The number of anilines is 1. The molecule has 0 amide bonds. The van der Waals surface area contributed by atoms with Gasteiger partial charge in [-0.05, 0) is 28.1 Å². The fourth-order valence-corrected chi connectivity index (χ4v) is 3.52. The van der Waals surface area contributed by atoms with E-state index in [0.717, 1.165) is 47.2 Å². The summed E-state index contributed by atoms with van der Waals surface area (Å²) in [7, 11) is 0. The number of benzene rings is 1. The van der Waals surface area contributed by atoms with Crippen molar-refractivity contribution in [1.29, 1.82) is 0 Å². The smallest absolute Gasteiger partial charge is 0.0753 e. The minimum absolute atomic E-state index is 0.610. The van der Waals surface area contributed by atoms with E-state index in [-0.39, 0.29) is 0 Å². The first kappa shape index (κ1) is 13.4. The molecule has 6 heteroatoms. The molecular formula is C13H12BrCl2N3. The number of nitrogens with zero attached hydrogens (tertiary/aromatic N) is 2. The van der Waals surface area contributed by atoms with Crippen LogP contribution in [0.3, 0.4) is 0 Å². The zero-order chi connectivity index (χ0) is 13.4. The predicted molar refractivity (Wildman–Crippen MR) is 84.5 cm³/mol. The van der Waals surface area contributed by atoms with Crippen molar-refractivity contribution in [1.82, 2.24) is 10.3 Å². The molecule has 0 atom stereocenters. The summed E-state index contributed by atoms with van der Waals surface area (Å²) in [5.41, 5.74) is 1.93. The molecule has 1 saturated heterocycles. The summed E-state index contributed by atoms with van der Waals surface area (Å²) in [4.78, 5) is 6.72. The van der Waals surface area contributed by atoms with Gasteiger partial charge in [0.1, 0.15) is 0 Å². The van der Waals surface area contributed by atoms with Gasteiger partial charge in [0, 0.05) is 42.8 Å². The monoisotopic (exact) mass is 359 g/mol. The molecule has 3 rings (SSSR count). The summed E-state index contributed by atoms with van der Waals surface area (Å²) in [5, 5.41) is 5.56. The lowest BCUT2D eigenvalue weighted by Gasteiger charge is -2.31. The summed E-state index contributed by atoms with van der Waals surface area (Å²) < 4.78 is 0.964. The Labute approximate surface area is 130 Å². The van der Waals surface area contributed by atoms with Crippen molar-refractivity contribution in [3.8, 4) is 0 Å². The van der Waals surface area contributed by atoms with Gasteiger partial charge in [-0.3, -0.25) is 4.98 Å². The molecule has 1 aromatic heterocycles. The highest BCUT2D eigenvalue weighted by Crippen LogP contribution is 2.38. The lowest BCUT2D eigenvalue weighted by molar-refractivity contribution is 0.589. The van der Waals surface area contributed by atoms with Crippen LogP contribution in [0.1, 0.15) is 0 Å². The Morgan fingerprint density at radius 3 is 2.68 bits per heavy atom. The maximum Gasteiger partial charge on any atom is 0.0753 e. The van der Waals surface area contributed by atoms with Crippen LogP contribution in [-0.4, -0.2) is 31.2 Å². The summed E-state index contributed by atoms with van der Waals surface area (Å²) in [5.74, 6) is 0. The minimum atomic E-state index is 0.610. The van der Waals surface area contributed by atoms with Crippen molar-refractivity contribution >= 4 is 55.7 Å². The van der Waals surface area contributed by atoms with Gasteiger partial charge in [0.25, 0.3) is 0 Å². The van der Waals surface area contributed by atoms with Crippen LogP contribution in [0.2, 0.25) is 10.0 Å². The van der Waals surface area contributed by atoms with Gasteiger partial charge in [-0.1, -0.05) is 23.2 Å². The van der Waals surface area contributed by atoms with E-state index in [1.807, 2.05) is 12.3 Å². The lowest BCUT2D eigenvalue weighted by atomic mass is 10.1. The predicted octanol–water partition coefficient (Wildman–Crippen LogP) is 3.71. The molecule has 19 heavy (non-hydrogen) atoms. The third-order valence-corrected chi connectivity index (χ3v) is 4.34. The van der Waals surface area contributed by atoms with E-state index < -0.39 is 0 Å². The standard InChI is InChI=1S/C13H12BrCl2N3/c14-9-7-18-11-6-8(15)5-10(16)12(11)13(9)19-3-1-17-2-4-19/h5-7,17H,1-4H2. The van der Waals surface area contributed by atoms with E-state index in [2.05, 4.69) is 31.1 Å². The number of halogens is 3. The fraction of sp³-hybridized carbons (Fsp3) is 0.308. The van der Waals surface area contributed by atoms with E-state index in [4.69, 9.17) is 23.2 Å². The Kier molecular flexibility index (Phi) is 3.85. The van der Waals surface area contributed by atoms with Crippen LogP contribution in [-0.2, 0) is 0 Å². The lowest BCUT2D eigenvalue weighted by Crippen LogP contribution is -2.43. The van der Waals surface area contributed by atoms with Gasteiger partial charge in [0.05, 0.1) is 20.7 Å². The molecule has 2 heterocycles. The number of fused-ring (bicyclic) bond motifs is 1. The first-order valence-corrected chi connectivity index (χ1v) is 7.60. The Balaban J connectivity index is 2.23. The van der Waals surface area contributed by atoms with Crippen molar-refractivity contribution in [2.24, 2.45) is 0 Å². The Morgan fingerprint density at radius 1 is 1.21 bits per heavy atom. The van der Waals surface area contributed by atoms with Crippen LogP contribution in [0.4, 0.5) is 5.69 Å². The zero-order valence-electron chi connectivity index (χ0n) is 10.1. The number of aromatic nitrogens is 1. The molecule has 3 nitrogen and oxygen atoms in total. The third kappa shape index (κ3) is 2.55. The van der Waals surface area contributed by atoms with Crippen molar-refractivity contribution in [3.63, 3.8) is 0 Å². The van der Waals surface area contributed by atoms with E-state index >= 15 is 0 Å². The highest BCUT2D eigenvalue weighted by atomic mass is 79.9. The molecule has 100 valence electrons. The topological polar surface area (TPSA) is 28.2 Å². The average Bonchev–Trinajstić information content (AvgIpc) is 2.40. The highest BCUT2D eigenvalue weighted by molar-refractivity contribution is 9.10. The Morgan fingerprint density at radius 2 is 1.95 bits per heavy atom. The van der Waals surface area contributed by atoms with Gasteiger partial charge in [0.15, 0.2) is 0 Å². The van der Waals surface area contributed by atoms with Crippen molar-refractivity contribution in [3.05, 3.63) is 32.8 Å². The van der Waals surface area contributed by atoms with Crippen LogP contribution in [0, 0.1) is 0 Å². The second-order valence-corrected chi connectivity index (χ2v) is 6.17. The summed E-state index contributed by atoms with van der Waals surface area (Å²) in [6.07, 6.45) is 1.81. The molecule has 2 aromatic rings. The first-order valence-electron chi connectivity index (χ1n) is 6.06. The first-order chi connectivity index (χ1) is 9.16. The van der Waals surface area contributed by atoms with Gasteiger partial charge < -0.3 is 10.2 Å². The van der Waals surface area contributed by atoms with Crippen LogP contribution < -0.4 is 10.2 Å². The van der Waals surface area contributed by atoms with Crippen molar-refractivity contribution < 1.29 is 0 Å². The highest BCUT2D eigenvalue weighted by Gasteiger charge is 2.19. The van der Waals surface area contributed by atoms with E-state index in [0.29, 0.717) is 10.0 Å². The zero-order valence-corrected chi connectivity index (χ0v) is 13.2. The van der Waals surface area contributed by atoms with Crippen LogP contribution in [0.25, 0.3) is 10.9 Å². The second kappa shape index (κ2) is 5.44. The minimum Gasteiger partial charge on any atom is -0.367 e. The van der Waals surface area contributed by atoms with Gasteiger partial charge in [0.2, 0.25) is 0 Å². The fourth-order valence-electron chi connectivity index (χ4n) is 2.40. The molecule has 0 radical (unpaired) electrons. The van der Waals surface area contributed by atoms with Crippen molar-refractivity contribution in [2.75, 3.05) is 31.1 Å². The quantitative estimate of drug-likeness (QED) is 0.840. The van der Waals surface area contributed by atoms with Crippen LogP contribution in [0.5, 0.6) is 0 Å². The normalized spacial score (nSPS) is 16.1. The molecule has 0 aliphatic carbocycles.